The minimum atomic E-state index is 0.250. The van der Waals surface area contributed by atoms with Crippen LogP contribution in [0.1, 0.15) is 12.8 Å². The van der Waals surface area contributed by atoms with Crippen LogP contribution in [-0.4, -0.2) is 34.7 Å². The number of benzene rings is 1. The second-order valence-corrected chi connectivity index (χ2v) is 4.19. The first-order valence-corrected chi connectivity index (χ1v) is 6.21. The van der Waals surface area contributed by atoms with Gasteiger partial charge in [-0.2, -0.15) is 19.9 Å². The normalized spacial score (nSPS) is 13.3. The molecule has 104 valence electrons. The van der Waals surface area contributed by atoms with Crippen LogP contribution >= 0.6 is 0 Å². The third-order valence-corrected chi connectivity index (χ3v) is 2.90. The highest BCUT2D eigenvalue weighted by molar-refractivity contribution is 5.51. The number of nitrogens with one attached hydrogen (secondary N) is 1. The smallest absolute Gasteiger partial charge is 0.373 e. The van der Waals surface area contributed by atoms with Crippen molar-refractivity contribution >= 4 is 11.8 Å². The van der Waals surface area contributed by atoms with E-state index in [2.05, 4.69) is 26.4 Å². The Morgan fingerprint density at radius 1 is 1.25 bits per heavy atom. The molecule has 2 heterocycles. The van der Waals surface area contributed by atoms with Crippen molar-refractivity contribution in [1.82, 2.24) is 15.4 Å². The van der Waals surface area contributed by atoms with Gasteiger partial charge in [-0.05, 0) is 25.0 Å². The van der Waals surface area contributed by atoms with E-state index in [-0.39, 0.29) is 6.15 Å². The first kappa shape index (κ1) is 13.8. The standard InChI is InChI=1S/C12H14N4O.CO2/c1-2-7-16(6-1)10-4-3-5-11(8-10)17-12-9-13-15-14-12;2-1-3/h3-5,8-9H,1-2,6-7H2,(H,13,14,15);. The summed E-state index contributed by atoms with van der Waals surface area (Å²) < 4.78 is 5.59. The summed E-state index contributed by atoms with van der Waals surface area (Å²) in [4.78, 5) is 18.6. The summed E-state index contributed by atoms with van der Waals surface area (Å²) >= 11 is 0. The Labute approximate surface area is 115 Å². The molecule has 1 aliphatic heterocycles. The molecule has 7 nitrogen and oxygen atoms in total. The molecule has 1 aliphatic rings. The lowest BCUT2D eigenvalue weighted by molar-refractivity contribution is -0.191. The van der Waals surface area contributed by atoms with Gasteiger partial charge in [-0.15, -0.1) is 5.10 Å². The van der Waals surface area contributed by atoms with E-state index in [0.29, 0.717) is 5.88 Å². The molecule has 1 aromatic carbocycles. The summed E-state index contributed by atoms with van der Waals surface area (Å²) in [5.41, 5.74) is 1.21. The van der Waals surface area contributed by atoms with Gasteiger partial charge < -0.3 is 9.64 Å². The number of anilines is 1. The Morgan fingerprint density at radius 3 is 2.65 bits per heavy atom. The van der Waals surface area contributed by atoms with Gasteiger partial charge in [-0.25, -0.2) is 0 Å². The number of carbonyl (C=O) groups excluding carboxylic acids is 2. The molecule has 7 heteroatoms. The van der Waals surface area contributed by atoms with Gasteiger partial charge in [0.05, 0.1) is 0 Å². The number of ether oxygens (including phenoxy) is 1. The molecular weight excluding hydrogens is 260 g/mol. The molecule has 0 bridgehead atoms. The fourth-order valence-corrected chi connectivity index (χ4v) is 2.08. The fourth-order valence-electron chi connectivity index (χ4n) is 2.08. The molecule has 0 radical (unpaired) electrons. The Balaban J connectivity index is 0.000000452. The van der Waals surface area contributed by atoms with E-state index in [1.165, 1.54) is 18.5 Å². The third kappa shape index (κ3) is 3.66. The first-order valence-electron chi connectivity index (χ1n) is 6.21. The summed E-state index contributed by atoms with van der Waals surface area (Å²) in [6.07, 6.45) is 4.35. The van der Waals surface area contributed by atoms with Gasteiger partial charge >= 0.3 is 6.15 Å². The van der Waals surface area contributed by atoms with Crippen molar-refractivity contribution in [3.05, 3.63) is 30.5 Å². The highest BCUT2D eigenvalue weighted by Gasteiger charge is 2.12. The van der Waals surface area contributed by atoms with Crippen molar-refractivity contribution in [3.63, 3.8) is 0 Å². The monoisotopic (exact) mass is 274 g/mol. The summed E-state index contributed by atoms with van der Waals surface area (Å²) in [6, 6.07) is 8.08. The van der Waals surface area contributed by atoms with E-state index in [1.54, 1.807) is 6.20 Å². The van der Waals surface area contributed by atoms with Crippen LogP contribution in [-0.2, 0) is 9.59 Å². The van der Waals surface area contributed by atoms with Gasteiger partial charge in [0, 0.05) is 24.8 Å². The summed E-state index contributed by atoms with van der Waals surface area (Å²) in [6.45, 7) is 2.26. The minimum absolute atomic E-state index is 0.250. The van der Waals surface area contributed by atoms with E-state index in [0.717, 1.165) is 18.8 Å². The van der Waals surface area contributed by atoms with Crippen LogP contribution in [0.4, 0.5) is 5.69 Å². The zero-order valence-corrected chi connectivity index (χ0v) is 10.8. The Morgan fingerprint density at radius 2 is 2.00 bits per heavy atom. The van der Waals surface area contributed by atoms with Crippen molar-refractivity contribution in [3.8, 4) is 11.6 Å². The zero-order chi connectivity index (χ0) is 14.2. The molecular formula is C13H14N4O3. The van der Waals surface area contributed by atoms with Crippen LogP contribution in [0.3, 0.4) is 0 Å². The van der Waals surface area contributed by atoms with E-state index >= 15 is 0 Å². The van der Waals surface area contributed by atoms with Crippen LogP contribution in [0.25, 0.3) is 0 Å². The van der Waals surface area contributed by atoms with Crippen LogP contribution < -0.4 is 9.64 Å². The molecule has 1 saturated heterocycles. The van der Waals surface area contributed by atoms with Crippen LogP contribution in [0.2, 0.25) is 0 Å². The van der Waals surface area contributed by atoms with Crippen molar-refractivity contribution in [1.29, 1.82) is 0 Å². The number of rotatable bonds is 3. The topological polar surface area (TPSA) is 88.2 Å². The first-order chi connectivity index (χ1) is 9.83. The predicted molar refractivity (Wildman–Crippen MR) is 69.4 cm³/mol. The number of nitrogens with zero attached hydrogens (tertiary/aromatic N) is 3. The SMILES string of the molecule is O=C=O.c1cc(Oc2cn[nH]n2)cc(N2CCCC2)c1. The van der Waals surface area contributed by atoms with Crippen molar-refractivity contribution in [2.75, 3.05) is 18.0 Å². The number of hydrogen-bond acceptors (Lipinski definition) is 6. The Kier molecular flexibility index (Phi) is 4.86. The van der Waals surface area contributed by atoms with Gasteiger partial charge in [0.2, 0.25) is 0 Å². The number of hydrogen-bond donors (Lipinski definition) is 1. The van der Waals surface area contributed by atoms with E-state index < -0.39 is 0 Å². The quantitative estimate of drug-likeness (QED) is 0.914. The van der Waals surface area contributed by atoms with Crippen LogP contribution in [0, 0.1) is 0 Å². The number of H-pyrrole nitrogens is 1. The maximum absolute atomic E-state index is 8.12. The maximum atomic E-state index is 8.12. The maximum Gasteiger partial charge on any atom is 0.373 e. The minimum Gasteiger partial charge on any atom is -0.436 e. The number of aromatic nitrogens is 3. The number of aromatic amines is 1. The molecule has 0 amide bonds. The van der Waals surface area contributed by atoms with Gasteiger partial charge in [0.25, 0.3) is 5.88 Å². The Bertz CT molecular complexity index is 559. The molecule has 0 unspecified atom stereocenters. The van der Waals surface area contributed by atoms with Crippen molar-refractivity contribution in [2.45, 2.75) is 12.8 Å². The summed E-state index contributed by atoms with van der Waals surface area (Å²) in [5, 5.41) is 10.1. The van der Waals surface area contributed by atoms with Gasteiger partial charge in [-0.3, -0.25) is 0 Å². The highest BCUT2D eigenvalue weighted by atomic mass is 16.5. The summed E-state index contributed by atoms with van der Waals surface area (Å²) in [5.74, 6) is 1.28. The molecule has 1 aromatic heterocycles. The second kappa shape index (κ2) is 7.06. The molecule has 20 heavy (non-hydrogen) atoms. The summed E-state index contributed by atoms with van der Waals surface area (Å²) in [7, 11) is 0. The molecule has 0 spiro atoms. The van der Waals surface area contributed by atoms with Crippen LogP contribution in [0.15, 0.2) is 30.5 Å². The van der Waals surface area contributed by atoms with E-state index in [1.807, 2.05) is 18.2 Å². The third-order valence-electron chi connectivity index (χ3n) is 2.90. The largest absolute Gasteiger partial charge is 0.436 e. The molecule has 1 N–H and O–H groups in total. The molecule has 2 aromatic rings. The predicted octanol–water partition coefficient (Wildman–Crippen LogP) is 1.61. The van der Waals surface area contributed by atoms with E-state index in [9.17, 15) is 0 Å². The highest BCUT2D eigenvalue weighted by Crippen LogP contribution is 2.26. The average Bonchev–Trinajstić information content (AvgIpc) is 3.13. The fraction of sp³-hybridized carbons (Fsp3) is 0.308. The molecule has 3 rings (SSSR count). The Hall–Kier alpha value is -2.66. The lowest BCUT2D eigenvalue weighted by Gasteiger charge is -2.17. The van der Waals surface area contributed by atoms with Crippen molar-refractivity contribution in [2.24, 2.45) is 0 Å². The van der Waals surface area contributed by atoms with Gasteiger partial charge in [0.1, 0.15) is 11.9 Å². The van der Waals surface area contributed by atoms with Gasteiger partial charge in [-0.1, -0.05) is 6.07 Å². The second-order valence-electron chi connectivity index (χ2n) is 4.19. The van der Waals surface area contributed by atoms with E-state index in [4.69, 9.17) is 14.3 Å². The molecule has 0 aliphatic carbocycles. The molecule has 1 fully saturated rings. The average molecular weight is 274 g/mol. The van der Waals surface area contributed by atoms with Crippen LogP contribution in [0.5, 0.6) is 11.6 Å². The molecule has 0 saturated carbocycles. The van der Waals surface area contributed by atoms with Gasteiger partial charge in [0.15, 0.2) is 0 Å². The van der Waals surface area contributed by atoms with Crippen molar-refractivity contribution < 1.29 is 14.3 Å². The lowest BCUT2D eigenvalue weighted by atomic mass is 10.3. The zero-order valence-electron chi connectivity index (χ0n) is 10.8. The lowest BCUT2D eigenvalue weighted by Crippen LogP contribution is -2.17. The molecule has 0 atom stereocenters.